The molecule has 0 fully saturated rings. The number of halogens is 5. The Balaban J connectivity index is 1.66. The zero-order valence-electron chi connectivity index (χ0n) is 13.3. The molecule has 0 aliphatic carbocycles. The first-order chi connectivity index (χ1) is 12.7. The van der Waals surface area contributed by atoms with Gasteiger partial charge in [-0.15, -0.1) is 0 Å². The normalized spacial score (nSPS) is 11.4. The highest BCUT2D eigenvalue weighted by molar-refractivity contribution is 5.92. The van der Waals surface area contributed by atoms with Crippen molar-refractivity contribution in [3.8, 4) is 11.4 Å². The third-order valence-electron chi connectivity index (χ3n) is 3.38. The van der Waals surface area contributed by atoms with E-state index in [4.69, 9.17) is 0 Å². The lowest BCUT2D eigenvalue weighted by Crippen LogP contribution is -2.14. The van der Waals surface area contributed by atoms with Gasteiger partial charge in [0, 0.05) is 17.3 Å². The minimum absolute atomic E-state index is 0.160. The summed E-state index contributed by atoms with van der Waals surface area (Å²) < 4.78 is 67.8. The maximum atomic E-state index is 13.1. The Labute approximate surface area is 148 Å². The van der Waals surface area contributed by atoms with Crippen LogP contribution in [0.1, 0.15) is 11.5 Å². The fraction of sp³-hybridized carbons (Fsp3) is 0.118. The van der Waals surface area contributed by atoms with E-state index in [1.165, 1.54) is 24.3 Å². The van der Waals surface area contributed by atoms with Crippen molar-refractivity contribution in [3.05, 3.63) is 65.6 Å². The zero-order valence-corrected chi connectivity index (χ0v) is 13.3. The molecule has 1 heterocycles. The summed E-state index contributed by atoms with van der Waals surface area (Å²) in [5.41, 5.74) is 0.743. The monoisotopic (exact) mass is 383 g/mol. The van der Waals surface area contributed by atoms with Gasteiger partial charge in [0.15, 0.2) is 0 Å². The Kier molecular flexibility index (Phi) is 4.89. The lowest BCUT2D eigenvalue weighted by Gasteiger charge is -2.06. The van der Waals surface area contributed by atoms with Gasteiger partial charge in [-0.1, -0.05) is 5.16 Å². The van der Waals surface area contributed by atoms with E-state index in [0.717, 1.165) is 12.1 Å². The molecule has 0 atom stereocenters. The molecule has 0 radical (unpaired) electrons. The second-order valence-electron chi connectivity index (χ2n) is 5.50. The number of nitrogens with one attached hydrogen (secondary N) is 1. The third kappa shape index (κ3) is 4.66. The van der Waals surface area contributed by atoms with E-state index in [9.17, 15) is 26.7 Å². The molecule has 0 unspecified atom stereocenters. The summed E-state index contributed by atoms with van der Waals surface area (Å²) in [5.74, 6) is -3.82. The summed E-state index contributed by atoms with van der Waals surface area (Å²) >= 11 is 0. The number of hydrogen-bond acceptors (Lipinski definition) is 4. The molecule has 0 aliphatic rings. The van der Waals surface area contributed by atoms with E-state index < -0.39 is 29.6 Å². The van der Waals surface area contributed by atoms with Crippen LogP contribution in [0.2, 0.25) is 0 Å². The average molecular weight is 383 g/mol. The van der Waals surface area contributed by atoms with Gasteiger partial charge in [0.1, 0.15) is 11.6 Å². The SMILES string of the molecule is O=C(Cc1cc(F)cc(F)c1)Nc1ccc(-c2noc(C(F)(F)F)n2)cc1. The third-order valence-corrected chi connectivity index (χ3v) is 3.38. The number of aromatic nitrogens is 2. The van der Waals surface area contributed by atoms with Crippen LogP contribution in [0.15, 0.2) is 47.0 Å². The molecule has 10 heteroatoms. The fourth-order valence-electron chi connectivity index (χ4n) is 2.26. The summed E-state index contributed by atoms with van der Waals surface area (Å²) in [5, 5.41) is 5.76. The number of carbonyl (C=O) groups excluding carboxylic acids is 1. The summed E-state index contributed by atoms with van der Waals surface area (Å²) in [6.07, 6.45) is -4.99. The van der Waals surface area contributed by atoms with Gasteiger partial charge in [-0.05, 0) is 42.0 Å². The minimum Gasteiger partial charge on any atom is -0.329 e. The van der Waals surface area contributed by atoms with Crippen molar-refractivity contribution >= 4 is 11.6 Å². The maximum Gasteiger partial charge on any atom is 0.471 e. The number of rotatable bonds is 4. The Morgan fingerprint density at radius 2 is 1.67 bits per heavy atom. The molecule has 27 heavy (non-hydrogen) atoms. The van der Waals surface area contributed by atoms with Gasteiger partial charge >= 0.3 is 12.1 Å². The molecular formula is C17H10F5N3O2. The van der Waals surface area contributed by atoms with E-state index in [-0.39, 0.29) is 23.4 Å². The Bertz CT molecular complexity index is 947. The minimum atomic E-state index is -4.74. The zero-order chi connectivity index (χ0) is 19.6. The van der Waals surface area contributed by atoms with Gasteiger partial charge < -0.3 is 9.84 Å². The number of benzene rings is 2. The molecule has 0 bridgehead atoms. The molecular weight excluding hydrogens is 373 g/mol. The van der Waals surface area contributed by atoms with Gasteiger partial charge in [-0.25, -0.2) is 8.78 Å². The van der Waals surface area contributed by atoms with Gasteiger partial charge in [-0.2, -0.15) is 18.2 Å². The number of nitrogens with zero attached hydrogens (tertiary/aromatic N) is 2. The predicted octanol–water partition coefficient (Wildman–Crippen LogP) is 4.21. The molecule has 1 N–H and O–H groups in total. The number of anilines is 1. The maximum absolute atomic E-state index is 13.1. The molecule has 3 rings (SSSR count). The second kappa shape index (κ2) is 7.14. The van der Waals surface area contributed by atoms with Gasteiger partial charge in [-0.3, -0.25) is 4.79 Å². The molecule has 0 saturated heterocycles. The van der Waals surface area contributed by atoms with Crippen LogP contribution in [0.4, 0.5) is 27.6 Å². The van der Waals surface area contributed by atoms with Crippen molar-refractivity contribution < 1.29 is 31.3 Å². The first-order valence-corrected chi connectivity index (χ1v) is 7.47. The Morgan fingerprint density at radius 3 is 2.22 bits per heavy atom. The van der Waals surface area contributed by atoms with Crippen LogP contribution in [-0.4, -0.2) is 16.0 Å². The largest absolute Gasteiger partial charge is 0.471 e. The molecule has 0 spiro atoms. The van der Waals surface area contributed by atoms with Crippen molar-refractivity contribution in [2.75, 3.05) is 5.32 Å². The molecule has 140 valence electrons. The van der Waals surface area contributed by atoms with Crippen LogP contribution >= 0.6 is 0 Å². The first-order valence-electron chi connectivity index (χ1n) is 7.47. The summed E-state index contributed by atoms with van der Waals surface area (Å²) in [7, 11) is 0. The highest BCUT2D eigenvalue weighted by Gasteiger charge is 2.38. The average Bonchev–Trinajstić information content (AvgIpc) is 3.04. The van der Waals surface area contributed by atoms with Gasteiger partial charge in [0.05, 0.1) is 6.42 Å². The van der Waals surface area contributed by atoms with Crippen LogP contribution in [0.25, 0.3) is 11.4 Å². The highest BCUT2D eigenvalue weighted by Crippen LogP contribution is 2.29. The van der Waals surface area contributed by atoms with Crippen LogP contribution in [0.3, 0.4) is 0 Å². The smallest absolute Gasteiger partial charge is 0.329 e. The molecule has 0 aliphatic heterocycles. The van der Waals surface area contributed by atoms with Crippen LogP contribution in [-0.2, 0) is 17.4 Å². The highest BCUT2D eigenvalue weighted by atomic mass is 19.4. The van der Waals surface area contributed by atoms with Crippen molar-refractivity contribution in [3.63, 3.8) is 0 Å². The predicted molar refractivity (Wildman–Crippen MR) is 83.4 cm³/mol. The van der Waals surface area contributed by atoms with Crippen LogP contribution in [0.5, 0.6) is 0 Å². The van der Waals surface area contributed by atoms with E-state index in [0.29, 0.717) is 11.8 Å². The van der Waals surface area contributed by atoms with E-state index in [2.05, 4.69) is 20.0 Å². The molecule has 1 amide bonds. The Morgan fingerprint density at radius 1 is 1.04 bits per heavy atom. The Hall–Kier alpha value is -3.30. The topological polar surface area (TPSA) is 68.0 Å². The summed E-state index contributed by atoms with van der Waals surface area (Å²) in [6.45, 7) is 0. The molecule has 0 saturated carbocycles. The first kappa shape index (κ1) is 18.5. The number of carbonyl (C=O) groups is 1. The molecule has 3 aromatic rings. The fourth-order valence-corrected chi connectivity index (χ4v) is 2.26. The van der Waals surface area contributed by atoms with Crippen molar-refractivity contribution in [2.24, 2.45) is 0 Å². The van der Waals surface area contributed by atoms with Crippen LogP contribution in [0, 0.1) is 11.6 Å². The van der Waals surface area contributed by atoms with Crippen LogP contribution < -0.4 is 5.32 Å². The van der Waals surface area contributed by atoms with E-state index >= 15 is 0 Å². The van der Waals surface area contributed by atoms with Crippen molar-refractivity contribution in [1.82, 2.24) is 10.1 Å². The van der Waals surface area contributed by atoms with Gasteiger partial charge in [0.25, 0.3) is 0 Å². The number of hydrogen-bond donors (Lipinski definition) is 1. The molecule has 1 aromatic heterocycles. The standard InChI is InChI=1S/C17H10F5N3O2/c18-11-5-9(6-12(19)8-11)7-14(26)23-13-3-1-10(2-4-13)15-24-16(27-25-15)17(20,21)22/h1-6,8H,7H2,(H,23,26). The van der Waals surface area contributed by atoms with Gasteiger partial charge in [0.2, 0.25) is 11.7 Å². The number of amides is 1. The lowest BCUT2D eigenvalue weighted by molar-refractivity contribution is -0.159. The summed E-state index contributed by atoms with van der Waals surface area (Å²) in [6, 6.07) is 8.40. The lowest BCUT2D eigenvalue weighted by atomic mass is 10.1. The quantitative estimate of drug-likeness (QED) is 0.686. The van der Waals surface area contributed by atoms with E-state index in [1.54, 1.807) is 0 Å². The number of alkyl halides is 3. The molecule has 2 aromatic carbocycles. The van der Waals surface area contributed by atoms with E-state index in [1.807, 2.05) is 0 Å². The van der Waals surface area contributed by atoms with Crippen molar-refractivity contribution in [1.29, 1.82) is 0 Å². The second-order valence-corrected chi connectivity index (χ2v) is 5.50. The molecule has 5 nitrogen and oxygen atoms in total. The summed E-state index contributed by atoms with van der Waals surface area (Å²) in [4.78, 5) is 15.2. The van der Waals surface area contributed by atoms with Crippen molar-refractivity contribution in [2.45, 2.75) is 12.6 Å².